The van der Waals surface area contributed by atoms with Gasteiger partial charge < -0.3 is 11.1 Å². The number of hydrogen-bond donors (Lipinski definition) is 2. The van der Waals surface area contributed by atoms with Gasteiger partial charge >= 0.3 is 0 Å². The van der Waals surface area contributed by atoms with Gasteiger partial charge in [-0.2, -0.15) is 4.37 Å². The normalized spacial score (nSPS) is 11.6. The lowest BCUT2D eigenvalue weighted by Gasteiger charge is -2.09. The third kappa shape index (κ3) is 3.30. The molecule has 100 valence electrons. The molecule has 0 aliphatic carbocycles. The maximum Gasteiger partial charge on any atom is 0.155 e. The molecule has 0 saturated carbocycles. The highest BCUT2D eigenvalue weighted by atomic mass is 79.9. The van der Waals surface area contributed by atoms with Gasteiger partial charge in [-0.3, -0.25) is 4.99 Å². The SMILES string of the molecule is CC/N=C(\Nc1ccc(F)c(Br)c1)c1nscc1N. The van der Waals surface area contributed by atoms with E-state index >= 15 is 0 Å². The minimum Gasteiger partial charge on any atom is -0.396 e. The molecule has 0 spiro atoms. The van der Waals surface area contributed by atoms with Crippen molar-refractivity contribution in [3.63, 3.8) is 0 Å². The van der Waals surface area contributed by atoms with Crippen molar-refractivity contribution in [2.45, 2.75) is 6.92 Å². The van der Waals surface area contributed by atoms with E-state index in [1.807, 2.05) is 6.92 Å². The van der Waals surface area contributed by atoms with Crippen LogP contribution in [0.4, 0.5) is 15.8 Å². The van der Waals surface area contributed by atoms with Crippen LogP contribution < -0.4 is 11.1 Å². The number of rotatable bonds is 3. The molecule has 2 rings (SSSR count). The first-order chi connectivity index (χ1) is 9.11. The molecule has 4 nitrogen and oxygen atoms in total. The molecule has 7 heteroatoms. The number of nitrogens with one attached hydrogen (secondary N) is 1. The van der Waals surface area contributed by atoms with E-state index < -0.39 is 0 Å². The van der Waals surface area contributed by atoms with Gasteiger partial charge in [0.1, 0.15) is 11.5 Å². The van der Waals surface area contributed by atoms with Crippen molar-refractivity contribution >= 4 is 44.7 Å². The van der Waals surface area contributed by atoms with Gasteiger partial charge in [-0.05, 0) is 52.6 Å². The maximum atomic E-state index is 13.2. The number of hydrogen-bond acceptors (Lipinski definition) is 4. The molecular weight excluding hydrogens is 331 g/mol. The fourth-order valence-corrected chi connectivity index (χ4v) is 2.42. The molecule has 1 heterocycles. The number of benzene rings is 1. The van der Waals surface area contributed by atoms with E-state index in [0.717, 1.165) is 0 Å². The smallest absolute Gasteiger partial charge is 0.155 e. The Morgan fingerprint density at radius 1 is 1.58 bits per heavy atom. The summed E-state index contributed by atoms with van der Waals surface area (Å²) in [4.78, 5) is 4.34. The number of nitrogen functional groups attached to an aromatic ring is 1. The molecule has 0 aliphatic rings. The van der Waals surface area contributed by atoms with E-state index in [-0.39, 0.29) is 5.82 Å². The number of aromatic nitrogens is 1. The molecule has 1 aromatic heterocycles. The lowest BCUT2D eigenvalue weighted by molar-refractivity contribution is 0.621. The summed E-state index contributed by atoms with van der Waals surface area (Å²) >= 11 is 4.42. The molecule has 0 unspecified atom stereocenters. The Labute approximate surface area is 122 Å². The average molecular weight is 343 g/mol. The van der Waals surface area contributed by atoms with Crippen molar-refractivity contribution < 1.29 is 4.39 Å². The van der Waals surface area contributed by atoms with Gasteiger partial charge in [0, 0.05) is 17.6 Å². The summed E-state index contributed by atoms with van der Waals surface area (Å²) < 4.78 is 17.8. The summed E-state index contributed by atoms with van der Waals surface area (Å²) in [5.41, 5.74) is 7.75. The number of anilines is 2. The van der Waals surface area contributed by atoms with Gasteiger partial charge in [-0.25, -0.2) is 4.39 Å². The van der Waals surface area contributed by atoms with E-state index in [9.17, 15) is 4.39 Å². The number of halogens is 2. The van der Waals surface area contributed by atoms with Crippen LogP contribution in [0.15, 0.2) is 33.0 Å². The van der Waals surface area contributed by atoms with E-state index in [4.69, 9.17) is 5.73 Å². The van der Waals surface area contributed by atoms with Gasteiger partial charge in [0.05, 0.1) is 10.2 Å². The molecule has 0 saturated heterocycles. The monoisotopic (exact) mass is 342 g/mol. The quantitative estimate of drug-likeness (QED) is 0.662. The number of amidine groups is 1. The summed E-state index contributed by atoms with van der Waals surface area (Å²) in [6.45, 7) is 2.52. The third-order valence-corrected chi connectivity index (χ3v) is 3.57. The predicted molar refractivity (Wildman–Crippen MR) is 81.3 cm³/mol. The van der Waals surface area contributed by atoms with Crippen LogP contribution >= 0.6 is 27.5 Å². The van der Waals surface area contributed by atoms with Crippen LogP contribution in [0.5, 0.6) is 0 Å². The van der Waals surface area contributed by atoms with Crippen molar-refractivity contribution in [1.82, 2.24) is 4.37 Å². The van der Waals surface area contributed by atoms with Gasteiger partial charge in [-0.15, -0.1) is 0 Å². The Morgan fingerprint density at radius 3 is 2.95 bits per heavy atom. The molecule has 3 N–H and O–H groups in total. The highest BCUT2D eigenvalue weighted by molar-refractivity contribution is 9.10. The third-order valence-electron chi connectivity index (χ3n) is 2.32. The second-order valence-corrected chi connectivity index (χ2v) is 5.18. The maximum absolute atomic E-state index is 13.2. The second-order valence-electron chi connectivity index (χ2n) is 3.70. The minimum absolute atomic E-state index is 0.312. The first-order valence-electron chi connectivity index (χ1n) is 5.58. The van der Waals surface area contributed by atoms with Gasteiger partial charge in [0.25, 0.3) is 0 Å². The van der Waals surface area contributed by atoms with Crippen molar-refractivity contribution in [2.75, 3.05) is 17.6 Å². The Morgan fingerprint density at radius 2 is 2.37 bits per heavy atom. The van der Waals surface area contributed by atoms with Gasteiger partial charge in [-0.1, -0.05) is 0 Å². The molecule has 0 atom stereocenters. The summed E-state index contributed by atoms with van der Waals surface area (Å²) in [5.74, 6) is 0.271. The minimum atomic E-state index is -0.312. The van der Waals surface area contributed by atoms with E-state index in [1.165, 1.54) is 17.6 Å². The first-order valence-corrected chi connectivity index (χ1v) is 7.21. The highest BCUT2D eigenvalue weighted by Gasteiger charge is 2.11. The summed E-state index contributed by atoms with van der Waals surface area (Å²) in [7, 11) is 0. The van der Waals surface area contributed by atoms with Crippen LogP contribution in [-0.2, 0) is 0 Å². The molecular formula is C12H12BrFN4S. The second kappa shape index (κ2) is 6.12. The van der Waals surface area contributed by atoms with Gasteiger partial charge in [0.15, 0.2) is 5.84 Å². The van der Waals surface area contributed by atoms with E-state index in [1.54, 1.807) is 17.5 Å². The predicted octanol–water partition coefficient (Wildman–Crippen LogP) is 3.51. The fourth-order valence-electron chi connectivity index (χ4n) is 1.47. The molecule has 0 radical (unpaired) electrons. The molecule has 1 aromatic carbocycles. The lowest BCUT2D eigenvalue weighted by Crippen LogP contribution is -2.16. The molecule has 0 bridgehead atoms. The highest BCUT2D eigenvalue weighted by Crippen LogP contribution is 2.21. The van der Waals surface area contributed by atoms with Crippen LogP contribution in [0.1, 0.15) is 12.6 Å². The van der Waals surface area contributed by atoms with Crippen LogP contribution in [-0.4, -0.2) is 16.8 Å². The van der Waals surface area contributed by atoms with Crippen LogP contribution in [0, 0.1) is 5.82 Å². The van der Waals surface area contributed by atoms with E-state index in [0.29, 0.717) is 33.9 Å². The number of nitrogens with zero attached hydrogens (tertiary/aromatic N) is 2. The summed E-state index contributed by atoms with van der Waals surface area (Å²) in [5, 5.41) is 4.86. The Bertz CT molecular complexity index is 612. The Hall–Kier alpha value is -1.47. The average Bonchev–Trinajstić information content (AvgIpc) is 2.79. The molecule has 19 heavy (non-hydrogen) atoms. The summed E-state index contributed by atoms with van der Waals surface area (Å²) in [6.07, 6.45) is 0. The topological polar surface area (TPSA) is 63.3 Å². The van der Waals surface area contributed by atoms with Crippen molar-refractivity contribution in [3.05, 3.63) is 39.6 Å². The Balaban J connectivity index is 2.30. The number of nitrogens with two attached hydrogens (primary N) is 1. The number of aliphatic imine (C=N–C) groups is 1. The molecule has 2 aromatic rings. The van der Waals surface area contributed by atoms with Gasteiger partial charge in [0.2, 0.25) is 0 Å². The van der Waals surface area contributed by atoms with Crippen LogP contribution in [0.2, 0.25) is 0 Å². The summed E-state index contributed by atoms with van der Waals surface area (Å²) in [6, 6.07) is 4.65. The zero-order chi connectivity index (χ0) is 13.8. The van der Waals surface area contributed by atoms with Crippen LogP contribution in [0.3, 0.4) is 0 Å². The van der Waals surface area contributed by atoms with Crippen molar-refractivity contribution in [1.29, 1.82) is 0 Å². The Kier molecular flexibility index (Phi) is 4.49. The standard InChI is InChI=1S/C12H12BrFN4S/c1-2-16-12(11-10(15)6-19-18-11)17-7-3-4-9(14)8(13)5-7/h3-6H,2,15H2,1H3,(H,16,17). The molecule has 0 fully saturated rings. The lowest BCUT2D eigenvalue weighted by atomic mass is 10.3. The largest absolute Gasteiger partial charge is 0.396 e. The van der Waals surface area contributed by atoms with Crippen molar-refractivity contribution in [3.8, 4) is 0 Å². The zero-order valence-corrected chi connectivity index (χ0v) is 12.6. The zero-order valence-electron chi connectivity index (χ0n) is 10.2. The molecule has 0 aliphatic heterocycles. The fraction of sp³-hybridized carbons (Fsp3) is 0.167. The van der Waals surface area contributed by atoms with Crippen molar-refractivity contribution in [2.24, 2.45) is 4.99 Å². The first kappa shape index (κ1) is 14.0. The van der Waals surface area contributed by atoms with Crippen LogP contribution in [0.25, 0.3) is 0 Å². The van der Waals surface area contributed by atoms with E-state index in [2.05, 4.69) is 30.6 Å². The molecule has 0 amide bonds.